The summed E-state index contributed by atoms with van der Waals surface area (Å²) >= 11 is 7.15. The standard InChI is InChI=1S/C16H14ClNO2S/c1-11(12-4-6-13(17)7-5-12)18-16(20)15-9-8-14(21-15)3-2-10-19/h4-9,11,19H,10H2,1H3,(H,18,20). The van der Waals surface area contributed by atoms with E-state index in [4.69, 9.17) is 16.7 Å². The lowest BCUT2D eigenvalue weighted by molar-refractivity contribution is 0.0944. The molecule has 0 radical (unpaired) electrons. The number of hydrogen-bond acceptors (Lipinski definition) is 3. The number of carbonyl (C=O) groups is 1. The Morgan fingerprint density at radius 1 is 1.33 bits per heavy atom. The number of aliphatic hydroxyl groups excluding tert-OH is 1. The minimum absolute atomic E-state index is 0.108. The predicted molar refractivity (Wildman–Crippen MR) is 85.6 cm³/mol. The smallest absolute Gasteiger partial charge is 0.261 e. The van der Waals surface area contributed by atoms with E-state index >= 15 is 0 Å². The maximum Gasteiger partial charge on any atom is 0.261 e. The van der Waals surface area contributed by atoms with Crippen molar-refractivity contribution in [1.82, 2.24) is 5.32 Å². The van der Waals surface area contributed by atoms with E-state index in [0.717, 1.165) is 10.4 Å². The maximum absolute atomic E-state index is 12.2. The van der Waals surface area contributed by atoms with Crippen LogP contribution in [0.25, 0.3) is 0 Å². The van der Waals surface area contributed by atoms with E-state index in [1.165, 1.54) is 11.3 Å². The zero-order valence-corrected chi connectivity index (χ0v) is 13.0. The highest BCUT2D eigenvalue weighted by atomic mass is 35.5. The Bertz CT molecular complexity index is 682. The van der Waals surface area contributed by atoms with Crippen molar-refractivity contribution in [1.29, 1.82) is 0 Å². The first-order valence-corrected chi connectivity index (χ1v) is 7.55. The van der Waals surface area contributed by atoms with Gasteiger partial charge in [0.15, 0.2) is 0 Å². The maximum atomic E-state index is 12.2. The fraction of sp³-hybridized carbons (Fsp3) is 0.188. The highest BCUT2D eigenvalue weighted by Crippen LogP contribution is 2.19. The molecule has 1 amide bonds. The summed E-state index contributed by atoms with van der Waals surface area (Å²) in [5.74, 6) is 5.21. The van der Waals surface area contributed by atoms with Crippen molar-refractivity contribution in [3.05, 3.63) is 56.7 Å². The van der Waals surface area contributed by atoms with Crippen LogP contribution < -0.4 is 5.32 Å². The largest absolute Gasteiger partial charge is 0.384 e. The van der Waals surface area contributed by atoms with E-state index < -0.39 is 0 Å². The van der Waals surface area contributed by atoms with E-state index in [-0.39, 0.29) is 18.6 Å². The topological polar surface area (TPSA) is 49.3 Å². The summed E-state index contributed by atoms with van der Waals surface area (Å²) in [4.78, 5) is 13.5. The van der Waals surface area contributed by atoms with Crippen LogP contribution in [0, 0.1) is 11.8 Å². The molecule has 2 rings (SSSR count). The van der Waals surface area contributed by atoms with E-state index in [0.29, 0.717) is 9.90 Å². The number of thiophene rings is 1. The number of amides is 1. The number of halogens is 1. The first-order chi connectivity index (χ1) is 10.1. The van der Waals surface area contributed by atoms with Crippen molar-refractivity contribution < 1.29 is 9.90 Å². The van der Waals surface area contributed by atoms with E-state index in [1.54, 1.807) is 24.3 Å². The Labute approximate surface area is 132 Å². The summed E-state index contributed by atoms with van der Waals surface area (Å²) in [6, 6.07) is 10.8. The average Bonchev–Trinajstić information content (AvgIpc) is 2.94. The molecule has 21 heavy (non-hydrogen) atoms. The zero-order chi connectivity index (χ0) is 15.2. The van der Waals surface area contributed by atoms with Crippen LogP contribution in [0.5, 0.6) is 0 Å². The summed E-state index contributed by atoms with van der Waals surface area (Å²) in [5.41, 5.74) is 0.990. The molecule has 0 spiro atoms. The van der Waals surface area contributed by atoms with Gasteiger partial charge in [-0.1, -0.05) is 35.6 Å². The van der Waals surface area contributed by atoms with Gasteiger partial charge in [-0.05, 0) is 36.8 Å². The van der Waals surface area contributed by atoms with Crippen LogP contribution >= 0.6 is 22.9 Å². The van der Waals surface area contributed by atoms with Gasteiger partial charge in [-0.2, -0.15) is 0 Å². The summed E-state index contributed by atoms with van der Waals surface area (Å²) < 4.78 is 0. The van der Waals surface area contributed by atoms with Gasteiger partial charge in [0.1, 0.15) is 6.61 Å². The molecule has 1 aromatic carbocycles. The summed E-state index contributed by atoms with van der Waals surface area (Å²) in [7, 11) is 0. The molecule has 0 saturated heterocycles. The molecule has 0 aliphatic rings. The molecule has 5 heteroatoms. The molecule has 3 nitrogen and oxygen atoms in total. The molecule has 2 aromatic rings. The average molecular weight is 320 g/mol. The molecule has 2 N–H and O–H groups in total. The van der Waals surface area contributed by atoms with Crippen molar-refractivity contribution >= 4 is 28.8 Å². The third kappa shape index (κ3) is 4.33. The van der Waals surface area contributed by atoms with Gasteiger partial charge in [0.2, 0.25) is 0 Å². The molecule has 1 heterocycles. The second-order valence-corrected chi connectivity index (χ2v) is 5.89. The molecule has 0 aliphatic carbocycles. The summed E-state index contributed by atoms with van der Waals surface area (Å²) in [6.45, 7) is 1.73. The van der Waals surface area contributed by atoms with Gasteiger partial charge >= 0.3 is 0 Å². The van der Waals surface area contributed by atoms with Crippen LogP contribution in [0.3, 0.4) is 0 Å². The molecule has 0 aliphatic heterocycles. The molecular weight excluding hydrogens is 306 g/mol. The summed E-state index contributed by atoms with van der Waals surface area (Å²) in [6.07, 6.45) is 0. The van der Waals surface area contributed by atoms with Crippen LogP contribution in [0.15, 0.2) is 36.4 Å². The molecule has 108 valence electrons. The Kier molecular flexibility index (Phi) is 5.40. The van der Waals surface area contributed by atoms with Gasteiger partial charge < -0.3 is 10.4 Å². The molecule has 1 aromatic heterocycles. The van der Waals surface area contributed by atoms with Crippen LogP contribution in [0.1, 0.15) is 33.1 Å². The van der Waals surface area contributed by atoms with Crippen LogP contribution in [-0.2, 0) is 0 Å². The molecule has 0 saturated carbocycles. The second kappa shape index (κ2) is 7.28. The Morgan fingerprint density at radius 2 is 2.05 bits per heavy atom. The van der Waals surface area contributed by atoms with Crippen LogP contribution in [0.2, 0.25) is 5.02 Å². The predicted octanol–water partition coefficient (Wildman–Crippen LogP) is 3.24. The fourth-order valence-corrected chi connectivity index (χ4v) is 2.67. The second-order valence-electron chi connectivity index (χ2n) is 4.37. The first kappa shape index (κ1) is 15.6. The lowest BCUT2D eigenvalue weighted by Gasteiger charge is -2.13. The molecule has 1 atom stereocenters. The zero-order valence-electron chi connectivity index (χ0n) is 11.4. The van der Waals surface area contributed by atoms with E-state index in [1.807, 2.05) is 19.1 Å². The monoisotopic (exact) mass is 319 g/mol. The normalized spacial score (nSPS) is 11.4. The Hall–Kier alpha value is -1.80. The van der Waals surface area contributed by atoms with Crippen molar-refractivity contribution in [2.75, 3.05) is 6.61 Å². The third-order valence-corrected chi connectivity index (χ3v) is 4.09. The lowest BCUT2D eigenvalue weighted by atomic mass is 10.1. The van der Waals surface area contributed by atoms with Crippen LogP contribution in [-0.4, -0.2) is 17.6 Å². The minimum atomic E-state index is -0.187. The van der Waals surface area contributed by atoms with Gasteiger partial charge in [-0.3, -0.25) is 4.79 Å². The third-order valence-electron chi connectivity index (χ3n) is 2.84. The van der Waals surface area contributed by atoms with Crippen LogP contribution in [0.4, 0.5) is 0 Å². The quantitative estimate of drug-likeness (QED) is 0.853. The number of carbonyl (C=O) groups excluding carboxylic acids is 1. The van der Waals surface area contributed by atoms with Gasteiger partial charge in [0.25, 0.3) is 5.91 Å². The number of rotatable bonds is 3. The van der Waals surface area contributed by atoms with Crippen molar-refractivity contribution in [2.45, 2.75) is 13.0 Å². The number of benzene rings is 1. The number of nitrogens with one attached hydrogen (secondary N) is 1. The van der Waals surface area contributed by atoms with Crippen molar-refractivity contribution in [3.63, 3.8) is 0 Å². The Morgan fingerprint density at radius 3 is 2.71 bits per heavy atom. The molecule has 0 bridgehead atoms. The van der Waals surface area contributed by atoms with Gasteiger partial charge in [-0.25, -0.2) is 0 Å². The molecule has 0 fully saturated rings. The summed E-state index contributed by atoms with van der Waals surface area (Å²) in [5, 5.41) is 12.3. The molecular formula is C16H14ClNO2S. The van der Waals surface area contributed by atoms with Crippen molar-refractivity contribution in [3.8, 4) is 11.8 Å². The Balaban J connectivity index is 2.03. The number of aliphatic hydroxyl groups is 1. The van der Waals surface area contributed by atoms with Gasteiger partial charge in [0, 0.05) is 5.02 Å². The minimum Gasteiger partial charge on any atom is -0.384 e. The highest BCUT2D eigenvalue weighted by Gasteiger charge is 2.13. The van der Waals surface area contributed by atoms with Gasteiger partial charge in [-0.15, -0.1) is 11.3 Å². The van der Waals surface area contributed by atoms with E-state index in [2.05, 4.69) is 17.2 Å². The SMILES string of the molecule is CC(NC(=O)c1ccc(C#CCO)s1)c1ccc(Cl)cc1. The first-order valence-electron chi connectivity index (χ1n) is 6.36. The molecule has 1 unspecified atom stereocenters. The fourth-order valence-electron chi connectivity index (χ4n) is 1.76. The lowest BCUT2D eigenvalue weighted by Crippen LogP contribution is -2.25. The van der Waals surface area contributed by atoms with E-state index in [9.17, 15) is 4.79 Å². The van der Waals surface area contributed by atoms with Crippen molar-refractivity contribution in [2.24, 2.45) is 0 Å². The highest BCUT2D eigenvalue weighted by molar-refractivity contribution is 7.14. The van der Waals surface area contributed by atoms with Gasteiger partial charge in [0.05, 0.1) is 15.8 Å². The number of hydrogen-bond donors (Lipinski definition) is 2.